The van der Waals surface area contributed by atoms with E-state index in [1.807, 2.05) is 48.6 Å². The van der Waals surface area contributed by atoms with Gasteiger partial charge in [-0.15, -0.1) is 0 Å². The van der Waals surface area contributed by atoms with Crippen LogP contribution in [0.15, 0.2) is 53.0 Å². The number of pyridine rings is 1. The van der Waals surface area contributed by atoms with E-state index >= 15 is 0 Å². The molecule has 1 aromatic heterocycles. The number of hydrogen-bond acceptors (Lipinski definition) is 3. The van der Waals surface area contributed by atoms with Crippen LogP contribution in [0.5, 0.6) is 11.5 Å². The predicted octanol–water partition coefficient (Wildman–Crippen LogP) is 4.88. The van der Waals surface area contributed by atoms with E-state index < -0.39 is 0 Å². The van der Waals surface area contributed by atoms with Crippen molar-refractivity contribution in [2.24, 2.45) is 0 Å². The minimum atomic E-state index is 0.108. The molecule has 0 fully saturated rings. The maximum atomic E-state index is 9.86. The topological polar surface area (TPSA) is 42.4 Å². The van der Waals surface area contributed by atoms with Crippen molar-refractivity contribution >= 4 is 39.0 Å². The van der Waals surface area contributed by atoms with Gasteiger partial charge >= 0.3 is 0 Å². The molecule has 0 aliphatic carbocycles. The monoisotopic (exact) mass is 355 g/mol. The summed E-state index contributed by atoms with van der Waals surface area (Å²) in [6.07, 6.45) is 3.82. The Bertz CT molecular complexity index is 859. The molecular formula is C18H14BrNO2. The molecule has 0 aliphatic rings. The largest absolute Gasteiger partial charge is 0.504 e. The Labute approximate surface area is 137 Å². The minimum absolute atomic E-state index is 0.108. The number of rotatable bonds is 3. The van der Waals surface area contributed by atoms with Crippen LogP contribution in [-0.4, -0.2) is 17.2 Å². The first-order chi connectivity index (χ1) is 10.7. The average Bonchev–Trinajstić information content (AvgIpc) is 2.55. The summed E-state index contributed by atoms with van der Waals surface area (Å²) in [4.78, 5) is 4.59. The molecule has 0 spiro atoms. The molecule has 22 heavy (non-hydrogen) atoms. The summed E-state index contributed by atoms with van der Waals surface area (Å²) in [5.74, 6) is 0.546. The van der Waals surface area contributed by atoms with Crippen molar-refractivity contribution in [3.63, 3.8) is 0 Å². The van der Waals surface area contributed by atoms with Crippen LogP contribution in [0.3, 0.4) is 0 Å². The summed E-state index contributed by atoms with van der Waals surface area (Å²) in [6.45, 7) is 0. The number of aromatic hydroxyl groups is 1. The number of phenols is 1. The maximum absolute atomic E-state index is 9.86. The van der Waals surface area contributed by atoms with Crippen molar-refractivity contribution < 1.29 is 9.84 Å². The van der Waals surface area contributed by atoms with Gasteiger partial charge in [-0.25, -0.2) is 4.98 Å². The molecule has 110 valence electrons. The van der Waals surface area contributed by atoms with Crippen molar-refractivity contribution in [3.8, 4) is 11.5 Å². The molecule has 1 heterocycles. The van der Waals surface area contributed by atoms with Crippen molar-refractivity contribution in [2.75, 3.05) is 7.11 Å². The lowest BCUT2D eigenvalue weighted by Gasteiger charge is -2.06. The fourth-order valence-electron chi connectivity index (χ4n) is 2.20. The summed E-state index contributed by atoms with van der Waals surface area (Å²) >= 11 is 3.47. The maximum Gasteiger partial charge on any atom is 0.161 e. The Kier molecular flexibility index (Phi) is 4.11. The molecule has 3 nitrogen and oxygen atoms in total. The van der Waals surface area contributed by atoms with Crippen LogP contribution in [0.4, 0.5) is 0 Å². The summed E-state index contributed by atoms with van der Waals surface area (Å²) in [5, 5.41) is 11.0. The van der Waals surface area contributed by atoms with Gasteiger partial charge in [0.15, 0.2) is 11.5 Å². The molecule has 3 aromatic rings. The van der Waals surface area contributed by atoms with Gasteiger partial charge in [-0.2, -0.15) is 0 Å². The zero-order chi connectivity index (χ0) is 15.5. The smallest absolute Gasteiger partial charge is 0.161 e. The van der Waals surface area contributed by atoms with E-state index in [1.54, 1.807) is 12.1 Å². The van der Waals surface area contributed by atoms with Gasteiger partial charge in [0.1, 0.15) is 0 Å². The first kappa shape index (κ1) is 14.6. The van der Waals surface area contributed by atoms with Gasteiger partial charge < -0.3 is 9.84 Å². The number of halogens is 1. The standard InChI is InChI=1S/C18H14BrNO2/c1-22-18-11-15(19)13(10-17(18)21)7-9-14-8-6-12-4-2-3-5-16(12)20-14/h2-11,21H,1H3. The van der Waals surface area contributed by atoms with Crippen LogP contribution in [0.25, 0.3) is 23.1 Å². The highest BCUT2D eigenvalue weighted by Crippen LogP contribution is 2.33. The van der Waals surface area contributed by atoms with Gasteiger partial charge in [0.2, 0.25) is 0 Å². The second-order valence-corrected chi connectivity index (χ2v) is 5.66. The number of aromatic nitrogens is 1. The molecular weight excluding hydrogens is 342 g/mol. The van der Waals surface area contributed by atoms with E-state index in [4.69, 9.17) is 4.74 Å². The molecule has 3 rings (SSSR count). The molecule has 2 aromatic carbocycles. The van der Waals surface area contributed by atoms with Crippen LogP contribution in [0, 0.1) is 0 Å². The number of ether oxygens (including phenoxy) is 1. The lowest BCUT2D eigenvalue weighted by Crippen LogP contribution is -1.86. The quantitative estimate of drug-likeness (QED) is 0.727. The van der Waals surface area contributed by atoms with Crippen LogP contribution < -0.4 is 4.74 Å². The van der Waals surface area contributed by atoms with Crippen LogP contribution in [-0.2, 0) is 0 Å². The molecule has 0 bridgehead atoms. The fraction of sp³-hybridized carbons (Fsp3) is 0.0556. The second-order valence-electron chi connectivity index (χ2n) is 4.81. The predicted molar refractivity (Wildman–Crippen MR) is 93.0 cm³/mol. The highest BCUT2D eigenvalue weighted by molar-refractivity contribution is 9.10. The molecule has 1 N–H and O–H groups in total. The Morgan fingerprint density at radius 3 is 2.73 bits per heavy atom. The molecule has 0 saturated heterocycles. The lowest BCUT2D eigenvalue weighted by atomic mass is 10.1. The molecule has 0 atom stereocenters. The number of benzene rings is 2. The van der Waals surface area contributed by atoms with E-state index in [1.165, 1.54) is 7.11 Å². The van der Waals surface area contributed by atoms with Gasteiger partial charge in [-0.05, 0) is 35.9 Å². The number of hydrogen-bond donors (Lipinski definition) is 1. The van der Waals surface area contributed by atoms with Gasteiger partial charge in [-0.1, -0.05) is 46.3 Å². The van der Waals surface area contributed by atoms with Crippen LogP contribution in [0.1, 0.15) is 11.3 Å². The first-order valence-corrected chi connectivity index (χ1v) is 7.57. The van der Waals surface area contributed by atoms with Gasteiger partial charge in [0.25, 0.3) is 0 Å². The normalized spacial score (nSPS) is 11.2. The van der Waals surface area contributed by atoms with Crippen molar-refractivity contribution in [1.82, 2.24) is 4.98 Å². The second kappa shape index (κ2) is 6.20. The summed E-state index contributed by atoms with van der Waals surface area (Å²) in [7, 11) is 1.52. The molecule has 0 radical (unpaired) electrons. The van der Waals surface area contributed by atoms with Gasteiger partial charge in [0.05, 0.1) is 18.3 Å². The lowest BCUT2D eigenvalue weighted by molar-refractivity contribution is 0.373. The number of methoxy groups -OCH3 is 1. The Morgan fingerprint density at radius 2 is 1.91 bits per heavy atom. The zero-order valence-electron chi connectivity index (χ0n) is 12.0. The third-order valence-corrected chi connectivity index (χ3v) is 4.04. The van der Waals surface area contributed by atoms with Crippen molar-refractivity contribution in [2.45, 2.75) is 0 Å². The summed E-state index contributed by atoms with van der Waals surface area (Å²) in [5.41, 5.74) is 2.68. The first-order valence-electron chi connectivity index (χ1n) is 6.78. The Morgan fingerprint density at radius 1 is 1.09 bits per heavy atom. The molecule has 0 aliphatic heterocycles. The zero-order valence-corrected chi connectivity index (χ0v) is 13.5. The molecule has 0 unspecified atom stereocenters. The number of nitrogens with zero attached hydrogens (tertiary/aromatic N) is 1. The van der Waals surface area contributed by atoms with Crippen molar-refractivity contribution in [1.29, 1.82) is 0 Å². The highest BCUT2D eigenvalue weighted by atomic mass is 79.9. The van der Waals surface area contributed by atoms with Crippen molar-refractivity contribution in [3.05, 3.63) is 64.3 Å². The number of phenolic OH excluding ortho intramolecular Hbond substituents is 1. The third-order valence-electron chi connectivity index (χ3n) is 3.35. The van der Waals surface area contributed by atoms with E-state index in [9.17, 15) is 5.11 Å². The van der Waals surface area contributed by atoms with E-state index in [2.05, 4.69) is 20.9 Å². The van der Waals surface area contributed by atoms with Gasteiger partial charge in [-0.3, -0.25) is 0 Å². The summed E-state index contributed by atoms with van der Waals surface area (Å²) in [6, 6.07) is 15.4. The van der Waals surface area contributed by atoms with E-state index in [0.717, 1.165) is 26.6 Å². The Balaban J connectivity index is 1.94. The third kappa shape index (κ3) is 2.97. The van der Waals surface area contributed by atoms with Crippen LogP contribution >= 0.6 is 15.9 Å². The Hall–Kier alpha value is -2.33. The average molecular weight is 356 g/mol. The van der Waals surface area contributed by atoms with Gasteiger partial charge in [0, 0.05) is 9.86 Å². The fourth-order valence-corrected chi connectivity index (χ4v) is 2.66. The molecule has 0 saturated carbocycles. The van der Waals surface area contributed by atoms with Crippen LogP contribution in [0.2, 0.25) is 0 Å². The van der Waals surface area contributed by atoms with E-state index in [-0.39, 0.29) is 5.75 Å². The minimum Gasteiger partial charge on any atom is -0.504 e. The molecule has 4 heteroatoms. The van der Waals surface area contributed by atoms with E-state index in [0.29, 0.717) is 5.75 Å². The number of para-hydroxylation sites is 1. The number of fused-ring (bicyclic) bond motifs is 1. The SMILES string of the molecule is COc1cc(Br)c(C=Cc2ccc3ccccc3n2)cc1O. The molecule has 0 amide bonds. The highest BCUT2D eigenvalue weighted by Gasteiger charge is 2.06. The summed E-state index contributed by atoms with van der Waals surface area (Å²) < 4.78 is 5.92.